The zero-order chi connectivity index (χ0) is 10.1. The molecule has 0 aromatic rings. The van der Waals surface area contributed by atoms with Crippen LogP contribution in [0.3, 0.4) is 0 Å². The van der Waals surface area contributed by atoms with Crippen molar-refractivity contribution in [1.82, 2.24) is 5.32 Å². The zero-order valence-corrected chi connectivity index (χ0v) is 9.36. The van der Waals surface area contributed by atoms with Gasteiger partial charge in [0.1, 0.15) is 0 Å². The second kappa shape index (κ2) is 8.36. The van der Waals surface area contributed by atoms with E-state index in [2.05, 4.69) is 12.2 Å². The molecule has 2 nitrogen and oxygen atoms in total. The molecule has 1 amide bonds. The molecule has 0 heterocycles. The van der Waals surface area contributed by atoms with Crippen LogP contribution in [0, 0.1) is 0 Å². The number of rotatable bonds is 7. The normalized spacial score (nSPS) is 12.5. The zero-order valence-electron chi connectivity index (χ0n) is 8.61. The molecule has 78 valence electrons. The van der Waals surface area contributed by atoms with E-state index in [0.717, 1.165) is 12.8 Å². The monoisotopic (exact) mass is 205 g/mol. The number of nitrogens with one attached hydrogen (secondary N) is 1. The highest BCUT2D eigenvalue weighted by atomic mass is 35.5. The quantitative estimate of drug-likeness (QED) is 0.503. The Balaban J connectivity index is 3.30. The minimum atomic E-state index is 0.0975. The van der Waals surface area contributed by atoms with Gasteiger partial charge >= 0.3 is 0 Å². The van der Waals surface area contributed by atoms with E-state index in [-0.39, 0.29) is 11.9 Å². The van der Waals surface area contributed by atoms with Gasteiger partial charge in [-0.3, -0.25) is 4.79 Å². The highest BCUT2D eigenvalue weighted by molar-refractivity contribution is 6.18. The lowest BCUT2D eigenvalue weighted by Gasteiger charge is -2.09. The van der Waals surface area contributed by atoms with Crippen LogP contribution in [-0.2, 0) is 4.79 Å². The van der Waals surface area contributed by atoms with Crippen molar-refractivity contribution in [1.29, 1.82) is 0 Å². The molecule has 13 heavy (non-hydrogen) atoms. The predicted molar refractivity (Wildman–Crippen MR) is 57.1 cm³/mol. The van der Waals surface area contributed by atoms with Crippen molar-refractivity contribution in [2.24, 2.45) is 0 Å². The van der Waals surface area contributed by atoms with Crippen LogP contribution in [0.5, 0.6) is 0 Å². The molecule has 0 bridgehead atoms. The van der Waals surface area contributed by atoms with Crippen molar-refractivity contribution in [2.75, 3.05) is 5.88 Å². The second-order valence-corrected chi connectivity index (χ2v) is 3.74. The molecule has 0 aliphatic carbocycles. The van der Waals surface area contributed by atoms with E-state index in [1.165, 1.54) is 12.8 Å². The van der Waals surface area contributed by atoms with Gasteiger partial charge in [-0.2, -0.15) is 0 Å². The lowest BCUT2D eigenvalue weighted by molar-refractivity contribution is -0.121. The van der Waals surface area contributed by atoms with Crippen LogP contribution >= 0.6 is 11.6 Å². The molecular weight excluding hydrogens is 186 g/mol. The van der Waals surface area contributed by atoms with Gasteiger partial charge in [-0.15, -0.1) is 11.6 Å². The maximum absolute atomic E-state index is 11.2. The largest absolute Gasteiger partial charge is 0.352 e. The molecule has 0 spiro atoms. The smallest absolute Gasteiger partial charge is 0.220 e. The molecular formula is C10H20ClNO. The van der Waals surface area contributed by atoms with Crippen LogP contribution in [0.4, 0.5) is 0 Å². The number of hydrogen-bond donors (Lipinski definition) is 1. The predicted octanol–water partition coefficient (Wildman–Crippen LogP) is 2.70. The lowest BCUT2D eigenvalue weighted by atomic mass is 10.1. The third-order valence-electron chi connectivity index (χ3n) is 1.90. The summed E-state index contributed by atoms with van der Waals surface area (Å²) in [6.45, 7) is 4.08. The van der Waals surface area contributed by atoms with Gasteiger partial charge in [-0.05, 0) is 13.3 Å². The molecule has 0 aromatic carbocycles. The van der Waals surface area contributed by atoms with E-state index in [4.69, 9.17) is 11.6 Å². The van der Waals surface area contributed by atoms with Crippen molar-refractivity contribution in [2.45, 2.75) is 52.0 Å². The minimum absolute atomic E-state index is 0.0975. The topological polar surface area (TPSA) is 29.1 Å². The summed E-state index contributed by atoms with van der Waals surface area (Å²) in [6, 6.07) is 0.0975. The summed E-state index contributed by atoms with van der Waals surface area (Å²) < 4.78 is 0. The maximum atomic E-state index is 11.2. The van der Waals surface area contributed by atoms with E-state index in [1.54, 1.807) is 0 Å². The van der Waals surface area contributed by atoms with Gasteiger partial charge in [0.2, 0.25) is 5.91 Å². The highest BCUT2D eigenvalue weighted by Gasteiger charge is 2.04. The summed E-state index contributed by atoms with van der Waals surface area (Å²) in [6.07, 6.45) is 5.22. The summed E-state index contributed by atoms with van der Waals surface area (Å²) in [7, 11) is 0. The van der Waals surface area contributed by atoms with Crippen molar-refractivity contribution in [3.63, 3.8) is 0 Å². The fraction of sp³-hybridized carbons (Fsp3) is 0.900. The molecule has 0 aliphatic rings. The number of hydrogen-bond acceptors (Lipinski definition) is 1. The SMILES string of the molecule is CCCCCCC(=O)NC(C)CCl. The molecule has 0 rings (SSSR count). The van der Waals surface area contributed by atoms with Gasteiger partial charge in [0.05, 0.1) is 0 Å². The fourth-order valence-corrected chi connectivity index (χ4v) is 1.18. The number of unbranched alkanes of at least 4 members (excludes halogenated alkanes) is 3. The Morgan fingerprint density at radius 3 is 2.62 bits per heavy atom. The summed E-state index contributed by atoms with van der Waals surface area (Å²) in [5, 5.41) is 2.84. The fourth-order valence-electron chi connectivity index (χ4n) is 1.10. The van der Waals surface area contributed by atoms with E-state index in [9.17, 15) is 4.79 Å². The molecule has 0 radical (unpaired) electrons. The first-order valence-electron chi connectivity index (χ1n) is 5.06. The van der Waals surface area contributed by atoms with Crippen molar-refractivity contribution >= 4 is 17.5 Å². The molecule has 0 saturated carbocycles. The number of amides is 1. The number of carbonyl (C=O) groups is 1. The Bertz CT molecular complexity index is 139. The van der Waals surface area contributed by atoms with Crippen molar-refractivity contribution < 1.29 is 4.79 Å². The van der Waals surface area contributed by atoms with Crippen LogP contribution in [-0.4, -0.2) is 17.8 Å². The Labute approximate surface area is 86.0 Å². The molecule has 0 fully saturated rings. The van der Waals surface area contributed by atoms with Gasteiger partial charge in [0.25, 0.3) is 0 Å². The first-order valence-corrected chi connectivity index (χ1v) is 5.59. The Morgan fingerprint density at radius 1 is 1.38 bits per heavy atom. The van der Waals surface area contributed by atoms with Gasteiger partial charge < -0.3 is 5.32 Å². The second-order valence-electron chi connectivity index (χ2n) is 3.43. The van der Waals surface area contributed by atoms with E-state index in [0.29, 0.717) is 12.3 Å². The number of halogens is 1. The summed E-state index contributed by atoms with van der Waals surface area (Å²) in [4.78, 5) is 11.2. The average Bonchev–Trinajstić information content (AvgIpc) is 2.12. The molecule has 0 aromatic heterocycles. The molecule has 1 unspecified atom stereocenters. The number of carbonyl (C=O) groups excluding carboxylic acids is 1. The Morgan fingerprint density at radius 2 is 2.08 bits per heavy atom. The van der Waals surface area contributed by atoms with Crippen LogP contribution in [0.25, 0.3) is 0 Å². The van der Waals surface area contributed by atoms with Crippen LogP contribution < -0.4 is 5.32 Å². The molecule has 3 heteroatoms. The van der Waals surface area contributed by atoms with Gasteiger partial charge in [0.15, 0.2) is 0 Å². The number of alkyl halides is 1. The lowest BCUT2D eigenvalue weighted by Crippen LogP contribution is -2.33. The van der Waals surface area contributed by atoms with Gasteiger partial charge in [-0.25, -0.2) is 0 Å². The highest BCUT2D eigenvalue weighted by Crippen LogP contribution is 2.02. The van der Waals surface area contributed by atoms with E-state index < -0.39 is 0 Å². The molecule has 0 saturated heterocycles. The van der Waals surface area contributed by atoms with Crippen LogP contribution in [0.2, 0.25) is 0 Å². The first kappa shape index (κ1) is 12.8. The molecule has 0 aliphatic heterocycles. The first-order chi connectivity index (χ1) is 6.20. The summed E-state index contributed by atoms with van der Waals surface area (Å²) in [5.41, 5.74) is 0. The summed E-state index contributed by atoms with van der Waals surface area (Å²) >= 11 is 5.57. The summed E-state index contributed by atoms with van der Waals surface area (Å²) in [5.74, 6) is 0.616. The van der Waals surface area contributed by atoms with E-state index in [1.807, 2.05) is 6.92 Å². The van der Waals surface area contributed by atoms with Gasteiger partial charge in [0, 0.05) is 18.3 Å². The minimum Gasteiger partial charge on any atom is -0.352 e. The standard InChI is InChI=1S/C10H20ClNO/c1-3-4-5-6-7-10(13)12-9(2)8-11/h9H,3-8H2,1-2H3,(H,12,13). The third-order valence-corrected chi connectivity index (χ3v) is 2.36. The maximum Gasteiger partial charge on any atom is 0.220 e. The van der Waals surface area contributed by atoms with Crippen molar-refractivity contribution in [3.05, 3.63) is 0 Å². The molecule has 1 atom stereocenters. The van der Waals surface area contributed by atoms with Crippen molar-refractivity contribution in [3.8, 4) is 0 Å². The Kier molecular flexibility index (Phi) is 8.21. The third kappa shape index (κ3) is 8.10. The van der Waals surface area contributed by atoms with E-state index >= 15 is 0 Å². The average molecular weight is 206 g/mol. The van der Waals surface area contributed by atoms with Crippen LogP contribution in [0.15, 0.2) is 0 Å². The van der Waals surface area contributed by atoms with Gasteiger partial charge in [-0.1, -0.05) is 26.2 Å². The van der Waals surface area contributed by atoms with Crippen LogP contribution in [0.1, 0.15) is 46.0 Å². The Hall–Kier alpha value is -0.240. The molecule has 1 N–H and O–H groups in total.